The van der Waals surface area contributed by atoms with Gasteiger partial charge in [0, 0.05) is 16.0 Å². The molecule has 0 aliphatic carbocycles. The molecular weight excluding hydrogens is 260 g/mol. The Kier molecular flexibility index (Phi) is 2.88. The van der Waals surface area contributed by atoms with Gasteiger partial charge in [-0.15, -0.1) is 0 Å². The van der Waals surface area contributed by atoms with Crippen molar-refractivity contribution in [3.63, 3.8) is 0 Å². The Hall–Kier alpha value is -2.06. The van der Waals surface area contributed by atoms with Gasteiger partial charge in [0.25, 0.3) is 0 Å². The normalized spacial score (nSPS) is 10.8. The third-order valence-electron chi connectivity index (χ3n) is 3.16. The number of furan rings is 1. The monoisotopic (exact) mass is 270 g/mol. The lowest BCUT2D eigenvalue weighted by molar-refractivity contribution is 0.103. The maximum Gasteiger partial charge on any atom is 0.196 e. The van der Waals surface area contributed by atoms with E-state index in [2.05, 4.69) is 0 Å². The van der Waals surface area contributed by atoms with Gasteiger partial charge in [0.15, 0.2) is 5.78 Å². The molecule has 1 aromatic heterocycles. The lowest BCUT2D eigenvalue weighted by Crippen LogP contribution is -2.00. The number of aryl methyl sites for hydroxylation is 1. The molecule has 0 aliphatic heterocycles. The van der Waals surface area contributed by atoms with E-state index < -0.39 is 0 Å². The molecule has 0 atom stereocenters. The van der Waals surface area contributed by atoms with E-state index in [9.17, 15) is 4.79 Å². The molecule has 0 radical (unpaired) electrons. The first-order valence-electron chi connectivity index (χ1n) is 5.94. The van der Waals surface area contributed by atoms with Crippen LogP contribution in [0.5, 0.6) is 0 Å². The van der Waals surface area contributed by atoms with Crippen LogP contribution in [0.4, 0.5) is 0 Å². The second kappa shape index (κ2) is 4.56. The van der Waals surface area contributed by atoms with Crippen LogP contribution in [0, 0.1) is 6.92 Å². The van der Waals surface area contributed by atoms with E-state index in [0.29, 0.717) is 21.7 Å². The van der Waals surface area contributed by atoms with Gasteiger partial charge in [-0.2, -0.15) is 0 Å². The number of carbonyl (C=O) groups excluding carboxylic acids is 1. The molecule has 0 aliphatic rings. The van der Waals surface area contributed by atoms with Gasteiger partial charge in [0.2, 0.25) is 0 Å². The van der Waals surface area contributed by atoms with Crippen molar-refractivity contribution in [3.8, 4) is 0 Å². The summed E-state index contributed by atoms with van der Waals surface area (Å²) in [4.78, 5) is 12.5. The molecular formula is C16H11ClO2. The molecule has 94 valence electrons. The average molecular weight is 271 g/mol. The van der Waals surface area contributed by atoms with E-state index in [1.54, 1.807) is 12.1 Å². The van der Waals surface area contributed by atoms with Crippen LogP contribution < -0.4 is 0 Å². The zero-order valence-corrected chi connectivity index (χ0v) is 11.1. The van der Waals surface area contributed by atoms with Gasteiger partial charge in [-0.25, -0.2) is 0 Å². The maximum absolute atomic E-state index is 12.5. The van der Waals surface area contributed by atoms with Crippen LogP contribution in [0.3, 0.4) is 0 Å². The van der Waals surface area contributed by atoms with Crippen molar-refractivity contribution in [2.45, 2.75) is 6.92 Å². The zero-order chi connectivity index (χ0) is 13.4. The van der Waals surface area contributed by atoms with Gasteiger partial charge in [0.05, 0.1) is 5.56 Å². The van der Waals surface area contributed by atoms with Crippen LogP contribution in [0.15, 0.2) is 53.1 Å². The summed E-state index contributed by atoms with van der Waals surface area (Å²) in [5.74, 6) is -0.0770. The van der Waals surface area contributed by atoms with Crippen LogP contribution in [0.25, 0.3) is 11.0 Å². The highest BCUT2D eigenvalue weighted by molar-refractivity contribution is 6.32. The Morgan fingerprint density at radius 2 is 1.95 bits per heavy atom. The van der Waals surface area contributed by atoms with E-state index in [1.807, 2.05) is 37.3 Å². The molecule has 0 bridgehead atoms. The van der Waals surface area contributed by atoms with Crippen molar-refractivity contribution in [3.05, 3.63) is 70.4 Å². The minimum Gasteiger partial charge on any atom is -0.464 e. The topological polar surface area (TPSA) is 30.2 Å². The Balaban J connectivity index is 2.11. The van der Waals surface area contributed by atoms with Gasteiger partial charge < -0.3 is 4.42 Å². The summed E-state index contributed by atoms with van der Waals surface area (Å²) in [5, 5.41) is 1.42. The molecule has 0 N–H and O–H groups in total. The lowest BCUT2D eigenvalue weighted by atomic mass is 10.0. The molecule has 2 nitrogen and oxygen atoms in total. The van der Waals surface area contributed by atoms with Crippen molar-refractivity contribution in [2.24, 2.45) is 0 Å². The van der Waals surface area contributed by atoms with E-state index in [4.69, 9.17) is 16.0 Å². The number of para-hydroxylation sites is 1. The fraction of sp³-hybridized carbons (Fsp3) is 0.0625. The summed E-state index contributed by atoms with van der Waals surface area (Å²) in [6, 6.07) is 12.8. The molecule has 0 fully saturated rings. The lowest BCUT2D eigenvalue weighted by Gasteiger charge is -2.02. The highest BCUT2D eigenvalue weighted by atomic mass is 35.5. The number of hydrogen-bond acceptors (Lipinski definition) is 2. The van der Waals surface area contributed by atoms with Crippen LogP contribution in [0.2, 0.25) is 5.02 Å². The Labute approximate surface area is 115 Å². The van der Waals surface area contributed by atoms with Crippen LogP contribution in [0.1, 0.15) is 21.5 Å². The molecule has 3 rings (SSSR count). The second-order valence-electron chi connectivity index (χ2n) is 4.44. The fourth-order valence-corrected chi connectivity index (χ4v) is 2.22. The van der Waals surface area contributed by atoms with E-state index >= 15 is 0 Å². The van der Waals surface area contributed by atoms with Crippen LogP contribution in [-0.2, 0) is 0 Å². The average Bonchev–Trinajstić information content (AvgIpc) is 2.85. The summed E-state index contributed by atoms with van der Waals surface area (Å²) >= 11 is 6.06. The molecule has 19 heavy (non-hydrogen) atoms. The number of fused-ring (bicyclic) bond motifs is 1. The first-order valence-corrected chi connectivity index (χ1v) is 6.31. The van der Waals surface area contributed by atoms with Gasteiger partial charge in [-0.05, 0) is 24.6 Å². The van der Waals surface area contributed by atoms with E-state index in [0.717, 1.165) is 10.9 Å². The summed E-state index contributed by atoms with van der Waals surface area (Å²) < 4.78 is 5.39. The Bertz CT molecular complexity index is 771. The molecule has 0 unspecified atom stereocenters. The second-order valence-corrected chi connectivity index (χ2v) is 4.85. The van der Waals surface area contributed by atoms with Gasteiger partial charge in [-0.3, -0.25) is 4.79 Å². The quantitative estimate of drug-likeness (QED) is 0.636. The number of halogens is 1. The predicted molar refractivity (Wildman–Crippen MR) is 75.8 cm³/mol. The maximum atomic E-state index is 12.5. The standard InChI is InChI=1S/C16H11ClO2/c1-10-6-7-11(8-14(10)17)16(18)13-9-19-15-5-3-2-4-12(13)15/h2-9H,1H3. The number of benzene rings is 2. The number of carbonyl (C=O) groups is 1. The molecule has 0 saturated heterocycles. The summed E-state index contributed by atoms with van der Waals surface area (Å²) in [5.41, 5.74) is 2.80. The van der Waals surface area contributed by atoms with Crippen molar-refractivity contribution >= 4 is 28.4 Å². The summed E-state index contributed by atoms with van der Waals surface area (Å²) in [6.07, 6.45) is 1.50. The Morgan fingerprint density at radius 1 is 1.16 bits per heavy atom. The van der Waals surface area contributed by atoms with Crippen LogP contribution >= 0.6 is 11.6 Å². The smallest absolute Gasteiger partial charge is 0.196 e. The van der Waals surface area contributed by atoms with E-state index in [-0.39, 0.29) is 5.78 Å². The number of ketones is 1. The number of hydrogen-bond donors (Lipinski definition) is 0. The SMILES string of the molecule is Cc1ccc(C(=O)c2coc3ccccc23)cc1Cl. The van der Waals surface area contributed by atoms with Crippen molar-refractivity contribution in [1.82, 2.24) is 0 Å². The minimum absolute atomic E-state index is 0.0770. The summed E-state index contributed by atoms with van der Waals surface area (Å²) in [6.45, 7) is 1.91. The first kappa shape index (κ1) is 12.0. The largest absolute Gasteiger partial charge is 0.464 e. The van der Waals surface area contributed by atoms with E-state index in [1.165, 1.54) is 6.26 Å². The van der Waals surface area contributed by atoms with Gasteiger partial charge in [-0.1, -0.05) is 41.9 Å². The zero-order valence-electron chi connectivity index (χ0n) is 10.3. The minimum atomic E-state index is -0.0770. The highest BCUT2D eigenvalue weighted by Gasteiger charge is 2.15. The van der Waals surface area contributed by atoms with Crippen LogP contribution in [-0.4, -0.2) is 5.78 Å². The number of rotatable bonds is 2. The molecule has 0 spiro atoms. The van der Waals surface area contributed by atoms with Crippen molar-refractivity contribution in [1.29, 1.82) is 0 Å². The molecule has 1 heterocycles. The molecule has 3 aromatic rings. The van der Waals surface area contributed by atoms with Gasteiger partial charge >= 0.3 is 0 Å². The van der Waals surface area contributed by atoms with Gasteiger partial charge in [0.1, 0.15) is 11.8 Å². The van der Waals surface area contributed by atoms with Crippen molar-refractivity contribution in [2.75, 3.05) is 0 Å². The van der Waals surface area contributed by atoms with Crippen molar-refractivity contribution < 1.29 is 9.21 Å². The Morgan fingerprint density at radius 3 is 2.74 bits per heavy atom. The molecule has 0 amide bonds. The highest BCUT2D eigenvalue weighted by Crippen LogP contribution is 2.25. The summed E-state index contributed by atoms with van der Waals surface area (Å²) in [7, 11) is 0. The first-order chi connectivity index (χ1) is 9.16. The third-order valence-corrected chi connectivity index (χ3v) is 3.57. The predicted octanol–water partition coefficient (Wildman–Crippen LogP) is 4.63. The molecule has 0 saturated carbocycles. The fourth-order valence-electron chi connectivity index (χ4n) is 2.04. The molecule has 2 aromatic carbocycles. The molecule has 3 heteroatoms. The third kappa shape index (κ3) is 2.04.